The number of ether oxygens (including phenoxy) is 2. The molecule has 1 aliphatic heterocycles. The maximum Gasteiger partial charge on any atom is 0.283 e. The summed E-state index contributed by atoms with van der Waals surface area (Å²) < 4.78 is 24.9. The summed E-state index contributed by atoms with van der Waals surface area (Å²) in [4.78, 5) is 15.1. The second-order valence-corrected chi connectivity index (χ2v) is 8.47. The fourth-order valence-corrected chi connectivity index (χ4v) is 4.84. The standard InChI is InChI=1S/C22H21ClFN3O3S/c1-29-18-5-2-14(10-15(18)13-27-6-8-30-9-7-27)12-25-26-22(28)21-20(23)17-4-3-16(24)11-19(17)31-21/h2-5,10-12H,6-9,13H2,1H3,(H,26,28)/b25-12-. The Hall–Kier alpha value is -2.52. The molecule has 1 saturated heterocycles. The van der Waals surface area contributed by atoms with Gasteiger partial charge >= 0.3 is 0 Å². The number of amides is 1. The summed E-state index contributed by atoms with van der Waals surface area (Å²) in [5.41, 5.74) is 4.36. The Morgan fingerprint density at radius 3 is 2.90 bits per heavy atom. The summed E-state index contributed by atoms with van der Waals surface area (Å²) in [6.45, 7) is 3.94. The number of nitrogens with one attached hydrogen (secondary N) is 1. The van der Waals surface area contributed by atoms with Crippen molar-refractivity contribution in [3.63, 3.8) is 0 Å². The van der Waals surface area contributed by atoms with Gasteiger partial charge in [-0.25, -0.2) is 9.82 Å². The minimum absolute atomic E-state index is 0.294. The first-order chi connectivity index (χ1) is 15.0. The first kappa shape index (κ1) is 21.7. The van der Waals surface area contributed by atoms with Crippen LogP contribution < -0.4 is 10.2 Å². The lowest BCUT2D eigenvalue weighted by Crippen LogP contribution is -2.35. The first-order valence-corrected chi connectivity index (χ1v) is 10.9. The molecule has 162 valence electrons. The molecular weight excluding hydrogens is 441 g/mol. The second-order valence-electron chi connectivity index (χ2n) is 7.04. The quantitative estimate of drug-likeness (QED) is 0.439. The Balaban J connectivity index is 1.46. The van der Waals surface area contributed by atoms with E-state index in [2.05, 4.69) is 15.4 Å². The van der Waals surface area contributed by atoms with Crippen molar-refractivity contribution in [3.8, 4) is 5.75 Å². The van der Waals surface area contributed by atoms with Crippen LogP contribution in [0.4, 0.5) is 4.39 Å². The third-order valence-electron chi connectivity index (χ3n) is 4.98. The van der Waals surface area contributed by atoms with Crippen LogP contribution in [0.15, 0.2) is 41.5 Å². The largest absolute Gasteiger partial charge is 0.496 e. The SMILES string of the molecule is COc1ccc(/C=N\NC(=O)c2sc3cc(F)ccc3c2Cl)cc1CN1CCOCC1. The Labute approximate surface area is 188 Å². The molecule has 1 amide bonds. The van der Waals surface area contributed by atoms with E-state index in [-0.39, 0.29) is 5.82 Å². The van der Waals surface area contributed by atoms with E-state index in [4.69, 9.17) is 21.1 Å². The van der Waals surface area contributed by atoms with Crippen LogP contribution in [0.3, 0.4) is 0 Å². The van der Waals surface area contributed by atoms with Crippen molar-refractivity contribution in [2.45, 2.75) is 6.54 Å². The molecule has 3 aromatic rings. The van der Waals surface area contributed by atoms with Crippen LogP contribution in [0.5, 0.6) is 5.75 Å². The van der Waals surface area contributed by atoms with Gasteiger partial charge in [0.05, 0.1) is 31.6 Å². The minimum atomic E-state index is -0.440. The number of hydrogen-bond acceptors (Lipinski definition) is 6. The van der Waals surface area contributed by atoms with Crippen molar-refractivity contribution in [1.82, 2.24) is 10.3 Å². The number of hydrogen-bond donors (Lipinski definition) is 1. The van der Waals surface area contributed by atoms with Crippen LogP contribution in [0.25, 0.3) is 10.1 Å². The van der Waals surface area contributed by atoms with Gasteiger partial charge in [-0.05, 0) is 42.0 Å². The topological polar surface area (TPSA) is 63.2 Å². The highest BCUT2D eigenvalue weighted by Crippen LogP contribution is 2.35. The fraction of sp³-hybridized carbons (Fsp3) is 0.273. The predicted octanol–water partition coefficient (Wildman–Crippen LogP) is 4.30. The number of halogens is 2. The van der Waals surface area contributed by atoms with Gasteiger partial charge in [-0.1, -0.05) is 11.6 Å². The first-order valence-electron chi connectivity index (χ1n) is 9.73. The van der Waals surface area contributed by atoms with Gasteiger partial charge in [0.25, 0.3) is 5.91 Å². The van der Waals surface area contributed by atoms with Crippen LogP contribution in [0, 0.1) is 5.82 Å². The average Bonchev–Trinajstić information content (AvgIpc) is 3.10. The molecule has 0 saturated carbocycles. The molecule has 31 heavy (non-hydrogen) atoms. The van der Waals surface area contributed by atoms with Crippen LogP contribution in [0.2, 0.25) is 5.02 Å². The van der Waals surface area contributed by atoms with E-state index in [9.17, 15) is 9.18 Å². The number of thiophene rings is 1. The molecule has 2 heterocycles. The number of rotatable bonds is 6. The molecule has 1 N–H and O–H groups in total. The number of hydrazone groups is 1. The fourth-order valence-electron chi connectivity index (χ4n) is 3.40. The zero-order valence-electron chi connectivity index (χ0n) is 16.9. The van der Waals surface area contributed by atoms with Gasteiger partial charge in [0.1, 0.15) is 16.4 Å². The van der Waals surface area contributed by atoms with Crippen molar-refractivity contribution in [2.75, 3.05) is 33.4 Å². The minimum Gasteiger partial charge on any atom is -0.496 e. The lowest BCUT2D eigenvalue weighted by Gasteiger charge is -2.27. The summed E-state index contributed by atoms with van der Waals surface area (Å²) in [5.74, 6) is -0.00957. The second kappa shape index (κ2) is 9.74. The number of benzene rings is 2. The molecule has 6 nitrogen and oxygen atoms in total. The number of nitrogens with zero attached hydrogens (tertiary/aromatic N) is 2. The third-order valence-corrected chi connectivity index (χ3v) is 6.64. The van der Waals surface area contributed by atoms with Crippen molar-refractivity contribution >= 4 is 45.1 Å². The van der Waals surface area contributed by atoms with E-state index in [0.717, 1.165) is 61.1 Å². The van der Waals surface area contributed by atoms with Crippen molar-refractivity contribution in [3.05, 3.63) is 63.2 Å². The third kappa shape index (κ3) is 5.04. The maximum atomic E-state index is 13.4. The summed E-state index contributed by atoms with van der Waals surface area (Å²) in [7, 11) is 1.65. The molecule has 4 rings (SSSR count). The summed E-state index contributed by atoms with van der Waals surface area (Å²) in [6.07, 6.45) is 1.57. The summed E-state index contributed by atoms with van der Waals surface area (Å²) in [6, 6.07) is 9.98. The van der Waals surface area contributed by atoms with Gasteiger partial charge < -0.3 is 9.47 Å². The highest BCUT2D eigenvalue weighted by molar-refractivity contribution is 7.21. The maximum absolute atomic E-state index is 13.4. The molecule has 0 aliphatic carbocycles. The lowest BCUT2D eigenvalue weighted by atomic mass is 10.1. The van der Waals surface area contributed by atoms with Crippen molar-refractivity contribution < 1.29 is 18.7 Å². The summed E-state index contributed by atoms with van der Waals surface area (Å²) in [5, 5.41) is 5.01. The molecular formula is C22H21ClFN3O3S. The molecule has 0 atom stereocenters. The van der Waals surface area contributed by atoms with Gasteiger partial charge in [-0.3, -0.25) is 9.69 Å². The number of methoxy groups -OCH3 is 1. The highest BCUT2D eigenvalue weighted by Gasteiger charge is 2.17. The molecule has 9 heteroatoms. The van der Waals surface area contributed by atoms with Crippen LogP contribution >= 0.6 is 22.9 Å². The molecule has 1 fully saturated rings. The average molecular weight is 462 g/mol. The van der Waals surface area contributed by atoms with Gasteiger partial charge in [0.15, 0.2) is 0 Å². The normalized spacial score (nSPS) is 14.9. The van der Waals surface area contributed by atoms with E-state index in [1.165, 1.54) is 12.1 Å². The van der Waals surface area contributed by atoms with E-state index in [1.807, 2.05) is 18.2 Å². The number of carbonyl (C=O) groups is 1. The number of morpholine rings is 1. The predicted molar refractivity (Wildman–Crippen MR) is 121 cm³/mol. The van der Waals surface area contributed by atoms with E-state index in [0.29, 0.717) is 20.0 Å². The monoisotopic (exact) mass is 461 g/mol. The Morgan fingerprint density at radius 2 is 2.13 bits per heavy atom. The summed E-state index contributed by atoms with van der Waals surface area (Å²) >= 11 is 7.42. The van der Waals surface area contributed by atoms with E-state index >= 15 is 0 Å². The number of carbonyl (C=O) groups excluding carboxylic acids is 1. The van der Waals surface area contributed by atoms with Gasteiger partial charge in [0.2, 0.25) is 0 Å². The zero-order valence-corrected chi connectivity index (χ0v) is 18.4. The molecule has 0 bridgehead atoms. The highest BCUT2D eigenvalue weighted by atomic mass is 35.5. The van der Waals surface area contributed by atoms with Crippen LogP contribution in [-0.2, 0) is 11.3 Å². The van der Waals surface area contributed by atoms with E-state index in [1.54, 1.807) is 19.4 Å². The van der Waals surface area contributed by atoms with Gasteiger partial charge in [-0.2, -0.15) is 5.10 Å². The molecule has 0 radical (unpaired) electrons. The number of fused-ring (bicyclic) bond motifs is 1. The van der Waals surface area contributed by atoms with Gasteiger partial charge in [-0.15, -0.1) is 11.3 Å². The van der Waals surface area contributed by atoms with Crippen LogP contribution in [0.1, 0.15) is 20.8 Å². The molecule has 2 aromatic carbocycles. The molecule has 0 unspecified atom stereocenters. The Kier molecular flexibility index (Phi) is 6.82. The Bertz CT molecular complexity index is 1130. The van der Waals surface area contributed by atoms with Crippen molar-refractivity contribution in [2.24, 2.45) is 5.10 Å². The zero-order chi connectivity index (χ0) is 21.8. The van der Waals surface area contributed by atoms with Gasteiger partial charge in [0, 0.05) is 35.3 Å². The van der Waals surface area contributed by atoms with Crippen LogP contribution in [-0.4, -0.2) is 50.4 Å². The molecule has 1 aliphatic rings. The lowest BCUT2D eigenvalue weighted by molar-refractivity contribution is 0.0339. The smallest absolute Gasteiger partial charge is 0.283 e. The molecule has 0 spiro atoms. The Morgan fingerprint density at radius 1 is 1.32 bits per heavy atom. The van der Waals surface area contributed by atoms with Crippen molar-refractivity contribution in [1.29, 1.82) is 0 Å². The van der Waals surface area contributed by atoms with E-state index < -0.39 is 5.91 Å². The molecule has 1 aromatic heterocycles.